The predicted octanol–water partition coefficient (Wildman–Crippen LogP) is 3.97. The zero-order chi connectivity index (χ0) is 11.9. The minimum Gasteiger partial charge on any atom is -0.289 e. The monoisotopic (exact) mass is 228 g/mol. The van der Waals surface area contributed by atoms with Crippen LogP contribution in [0.25, 0.3) is 43.1 Å². The van der Waals surface area contributed by atoms with E-state index in [1.54, 1.807) is 0 Å². The molecule has 5 rings (SSSR count). The highest BCUT2D eigenvalue weighted by Gasteiger charge is 2.19. The maximum absolute atomic E-state index is 11.8. The molecule has 0 aliphatic carbocycles. The van der Waals surface area contributed by atoms with Crippen molar-refractivity contribution < 1.29 is 0 Å². The summed E-state index contributed by atoms with van der Waals surface area (Å²) in [6.07, 6.45) is 0. The molecule has 0 saturated heterocycles. The fourth-order valence-corrected chi connectivity index (χ4v) is 3.18. The molecule has 18 heavy (non-hydrogen) atoms. The fourth-order valence-electron chi connectivity index (χ4n) is 3.18. The van der Waals surface area contributed by atoms with Gasteiger partial charge in [0.2, 0.25) is 0 Å². The molecule has 5 aromatic carbocycles. The van der Waals surface area contributed by atoms with Crippen molar-refractivity contribution in [1.29, 1.82) is 0 Å². The molecule has 0 bridgehead atoms. The molecule has 0 saturated carbocycles. The van der Waals surface area contributed by atoms with Crippen LogP contribution in [-0.4, -0.2) is 0 Å². The van der Waals surface area contributed by atoms with E-state index in [0.29, 0.717) is 0 Å². The van der Waals surface area contributed by atoms with Crippen molar-refractivity contribution in [2.24, 2.45) is 0 Å². The fraction of sp³-hybridized carbons (Fsp3) is 0. The van der Waals surface area contributed by atoms with Gasteiger partial charge in [0.15, 0.2) is 5.43 Å². The van der Waals surface area contributed by atoms with Gasteiger partial charge in [0, 0.05) is 10.8 Å². The Bertz CT molecular complexity index is 1060. The van der Waals surface area contributed by atoms with E-state index in [1.165, 1.54) is 26.9 Å². The highest BCUT2D eigenvalue weighted by atomic mass is 16.1. The molecule has 0 amide bonds. The van der Waals surface area contributed by atoms with E-state index < -0.39 is 0 Å². The van der Waals surface area contributed by atoms with Gasteiger partial charge < -0.3 is 0 Å². The summed E-state index contributed by atoms with van der Waals surface area (Å²) in [5.74, 6) is 0. The Morgan fingerprint density at radius 3 is 2.17 bits per heavy atom. The first-order valence-electron chi connectivity index (χ1n) is 6.10. The Balaban J connectivity index is 2.30. The van der Waals surface area contributed by atoms with Crippen LogP contribution < -0.4 is 5.43 Å². The van der Waals surface area contributed by atoms with E-state index in [-0.39, 0.29) is 5.43 Å². The number of hydrogen-bond acceptors (Lipinski definition) is 1. The van der Waals surface area contributed by atoms with Crippen molar-refractivity contribution in [2.75, 3.05) is 0 Å². The van der Waals surface area contributed by atoms with Crippen LogP contribution >= 0.6 is 0 Å². The first-order chi connectivity index (χ1) is 8.84. The van der Waals surface area contributed by atoms with Crippen molar-refractivity contribution in [3.8, 4) is 0 Å². The third-order valence-electron chi connectivity index (χ3n) is 4.06. The normalized spacial score (nSPS) is 12.7. The Labute approximate surface area is 102 Å². The van der Waals surface area contributed by atoms with E-state index in [1.807, 2.05) is 6.07 Å². The summed E-state index contributed by atoms with van der Waals surface area (Å²) < 4.78 is 0. The molecule has 0 aliphatic heterocycles. The molecule has 1 heteroatoms. The van der Waals surface area contributed by atoms with Gasteiger partial charge in [-0.15, -0.1) is 0 Å². The third kappa shape index (κ3) is 0.809. The Kier molecular flexibility index (Phi) is 1.22. The summed E-state index contributed by atoms with van der Waals surface area (Å²) in [6, 6.07) is 16.9. The first-order valence-corrected chi connectivity index (χ1v) is 6.10. The van der Waals surface area contributed by atoms with Crippen molar-refractivity contribution in [2.45, 2.75) is 0 Å². The summed E-state index contributed by atoms with van der Waals surface area (Å²) in [7, 11) is 0. The second-order valence-corrected chi connectivity index (χ2v) is 4.98. The molecule has 0 aliphatic rings. The highest BCUT2D eigenvalue weighted by Crippen LogP contribution is 2.38. The van der Waals surface area contributed by atoms with Crippen LogP contribution in [0.2, 0.25) is 0 Å². The molecule has 0 N–H and O–H groups in total. The van der Waals surface area contributed by atoms with Crippen LogP contribution in [0.3, 0.4) is 0 Å². The number of benzene rings is 4. The molecule has 0 aromatic heterocycles. The van der Waals surface area contributed by atoms with Gasteiger partial charge in [-0.1, -0.05) is 42.5 Å². The van der Waals surface area contributed by atoms with Gasteiger partial charge in [-0.3, -0.25) is 4.79 Å². The largest absolute Gasteiger partial charge is 0.289 e. The number of rotatable bonds is 0. The van der Waals surface area contributed by atoms with Crippen LogP contribution in [0.5, 0.6) is 0 Å². The van der Waals surface area contributed by atoms with Gasteiger partial charge >= 0.3 is 0 Å². The van der Waals surface area contributed by atoms with E-state index in [9.17, 15) is 4.79 Å². The molecule has 0 radical (unpaired) electrons. The Morgan fingerprint density at radius 1 is 0.611 bits per heavy atom. The molecule has 0 atom stereocenters. The van der Waals surface area contributed by atoms with Crippen molar-refractivity contribution in [3.63, 3.8) is 0 Å². The molecule has 82 valence electrons. The van der Waals surface area contributed by atoms with Gasteiger partial charge in [-0.25, -0.2) is 0 Å². The molecule has 0 spiro atoms. The highest BCUT2D eigenvalue weighted by molar-refractivity contribution is 6.31. The zero-order valence-corrected chi connectivity index (χ0v) is 9.53. The smallest absolute Gasteiger partial charge is 0.195 e. The van der Waals surface area contributed by atoms with E-state index in [4.69, 9.17) is 0 Å². The maximum atomic E-state index is 11.8. The minimum atomic E-state index is 0.221. The molecular formula is C17H8O. The number of fused-ring (bicyclic) bond motifs is 2. The molecular weight excluding hydrogens is 220 g/mol. The summed E-state index contributed by atoms with van der Waals surface area (Å²) in [5.41, 5.74) is 0.221. The van der Waals surface area contributed by atoms with Crippen molar-refractivity contribution >= 4 is 43.1 Å². The molecule has 5 aromatic rings. The standard InChI is InChI=1S/C17H8O/c18-17-13-8-11-5-4-9-2-1-3-10-6-7-12(16(13)17)15(11)14(9)10/h1-8H. The summed E-state index contributed by atoms with van der Waals surface area (Å²) in [6.45, 7) is 0. The first kappa shape index (κ1) is 8.65. The van der Waals surface area contributed by atoms with E-state index in [2.05, 4.69) is 42.5 Å². The average molecular weight is 228 g/mol. The number of hydrogen-bond donors (Lipinski definition) is 0. The third-order valence-corrected chi connectivity index (χ3v) is 4.06. The molecule has 0 heterocycles. The summed E-state index contributed by atoms with van der Waals surface area (Å²) in [4.78, 5) is 11.8. The zero-order valence-electron chi connectivity index (χ0n) is 9.53. The van der Waals surface area contributed by atoms with Crippen molar-refractivity contribution in [1.82, 2.24) is 0 Å². The van der Waals surface area contributed by atoms with Crippen molar-refractivity contribution in [3.05, 3.63) is 58.8 Å². The van der Waals surface area contributed by atoms with Crippen LogP contribution in [0.1, 0.15) is 0 Å². The predicted molar refractivity (Wildman–Crippen MR) is 76.3 cm³/mol. The van der Waals surface area contributed by atoms with Gasteiger partial charge in [-0.05, 0) is 38.4 Å². The lowest BCUT2D eigenvalue weighted by molar-refractivity contribution is 1.82. The van der Waals surface area contributed by atoms with Gasteiger partial charge in [0.25, 0.3) is 0 Å². The molecule has 1 nitrogen and oxygen atoms in total. The maximum Gasteiger partial charge on any atom is 0.195 e. The van der Waals surface area contributed by atoms with Crippen LogP contribution in [-0.2, 0) is 0 Å². The average Bonchev–Trinajstić information content (AvgIpc) is 3.06. The molecule has 0 unspecified atom stereocenters. The van der Waals surface area contributed by atoms with Gasteiger partial charge in [0.05, 0.1) is 0 Å². The Hall–Kier alpha value is -2.41. The second kappa shape index (κ2) is 2.54. The Morgan fingerprint density at radius 2 is 1.33 bits per heavy atom. The lowest BCUT2D eigenvalue weighted by Crippen LogP contribution is -1.81. The lowest BCUT2D eigenvalue weighted by Gasteiger charge is -2.09. The summed E-state index contributed by atoms with van der Waals surface area (Å²) in [5, 5.41) is 9.17. The SMILES string of the molecule is O=c1c2cc3ccc4cccc5ccc(c12)c3c45. The topological polar surface area (TPSA) is 17.1 Å². The second-order valence-electron chi connectivity index (χ2n) is 4.98. The van der Waals surface area contributed by atoms with Crippen LogP contribution in [0.4, 0.5) is 0 Å². The van der Waals surface area contributed by atoms with Crippen LogP contribution in [0.15, 0.2) is 53.3 Å². The van der Waals surface area contributed by atoms with Gasteiger partial charge in [0.1, 0.15) is 0 Å². The van der Waals surface area contributed by atoms with E-state index >= 15 is 0 Å². The van der Waals surface area contributed by atoms with E-state index in [0.717, 1.165) is 16.2 Å². The lowest BCUT2D eigenvalue weighted by atomic mass is 9.94. The quantitative estimate of drug-likeness (QED) is 0.366. The summed E-state index contributed by atoms with van der Waals surface area (Å²) >= 11 is 0. The minimum absolute atomic E-state index is 0.221. The van der Waals surface area contributed by atoms with Gasteiger partial charge in [-0.2, -0.15) is 0 Å². The molecule has 0 fully saturated rings. The van der Waals surface area contributed by atoms with Crippen LogP contribution in [0, 0.1) is 0 Å².